The van der Waals surface area contributed by atoms with Gasteiger partial charge in [-0.1, -0.05) is 16.8 Å². The highest BCUT2D eigenvalue weighted by Crippen LogP contribution is 2.32. The topological polar surface area (TPSA) is 64.9 Å². The van der Waals surface area contributed by atoms with Crippen molar-refractivity contribution in [2.75, 3.05) is 0 Å². The quantitative estimate of drug-likeness (QED) is 0.857. The Morgan fingerprint density at radius 1 is 1.30 bits per heavy atom. The summed E-state index contributed by atoms with van der Waals surface area (Å²) in [6.45, 7) is 0. The minimum Gasteiger partial charge on any atom is -0.339 e. The average molecular weight is 310 g/mol. The number of thioether (sulfide) groups is 1. The fourth-order valence-electron chi connectivity index (χ4n) is 2.21. The van der Waals surface area contributed by atoms with Crippen molar-refractivity contribution in [3.05, 3.63) is 41.0 Å². The van der Waals surface area contributed by atoms with Gasteiger partial charge in [0.1, 0.15) is 0 Å². The van der Waals surface area contributed by atoms with E-state index >= 15 is 0 Å². The molecule has 1 aliphatic rings. The molecular formula is C14H16ClN3OS. The fraction of sp³-hybridized carbons (Fsp3) is 0.429. The molecule has 1 aliphatic carbocycles. The molecular weight excluding hydrogens is 294 g/mol. The second kappa shape index (κ2) is 5.76. The van der Waals surface area contributed by atoms with Crippen molar-refractivity contribution in [2.24, 2.45) is 5.73 Å². The van der Waals surface area contributed by atoms with E-state index in [1.807, 2.05) is 24.3 Å². The Labute approximate surface area is 127 Å². The second-order valence-electron chi connectivity index (χ2n) is 5.24. The highest BCUT2D eigenvalue weighted by Gasteiger charge is 2.34. The minimum absolute atomic E-state index is 0.118. The van der Waals surface area contributed by atoms with E-state index < -0.39 is 0 Å². The third-order valence-electron chi connectivity index (χ3n) is 3.54. The van der Waals surface area contributed by atoms with E-state index in [1.165, 1.54) is 6.42 Å². The van der Waals surface area contributed by atoms with Gasteiger partial charge in [0.2, 0.25) is 5.89 Å². The third kappa shape index (κ3) is 3.34. The monoisotopic (exact) mass is 309 g/mol. The normalized spacial score (nSPS) is 16.9. The molecule has 20 heavy (non-hydrogen) atoms. The highest BCUT2D eigenvalue weighted by atomic mass is 35.5. The van der Waals surface area contributed by atoms with Crippen LogP contribution in [0.3, 0.4) is 0 Å². The Balaban J connectivity index is 1.55. The average Bonchev–Trinajstić information content (AvgIpc) is 2.84. The van der Waals surface area contributed by atoms with Gasteiger partial charge in [-0.25, -0.2) is 0 Å². The van der Waals surface area contributed by atoms with Crippen LogP contribution in [-0.2, 0) is 12.2 Å². The van der Waals surface area contributed by atoms with Crippen LogP contribution in [0.1, 0.15) is 31.0 Å². The number of hydrogen-bond donors (Lipinski definition) is 1. The van der Waals surface area contributed by atoms with E-state index in [-0.39, 0.29) is 5.54 Å². The largest absolute Gasteiger partial charge is 0.339 e. The SMILES string of the molecule is NC1(Cc2nc(CSc3ccc(Cl)cc3)no2)CCC1. The molecule has 1 aromatic heterocycles. The number of hydrogen-bond acceptors (Lipinski definition) is 5. The standard InChI is InChI=1S/C14H16ClN3OS/c15-10-2-4-11(5-3-10)20-9-12-17-13(19-18-12)8-14(16)6-1-7-14/h2-5H,1,6-9,16H2. The van der Waals surface area contributed by atoms with Gasteiger partial charge < -0.3 is 10.3 Å². The molecule has 6 heteroatoms. The van der Waals surface area contributed by atoms with Crippen molar-refractivity contribution in [1.29, 1.82) is 0 Å². The van der Waals surface area contributed by atoms with E-state index in [9.17, 15) is 0 Å². The molecule has 0 bridgehead atoms. The Morgan fingerprint density at radius 2 is 2.05 bits per heavy atom. The molecule has 106 valence electrons. The Kier molecular flexibility index (Phi) is 4.01. The first kappa shape index (κ1) is 13.9. The number of benzene rings is 1. The van der Waals surface area contributed by atoms with E-state index in [4.69, 9.17) is 21.9 Å². The van der Waals surface area contributed by atoms with Crippen LogP contribution in [0.25, 0.3) is 0 Å². The van der Waals surface area contributed by atoms with E-state index in [0.717, 1.165) is 22.8 Å². The second-order valence-corrected chi connectivity index (χ2v) is 6.72. The van der Waals surface area contributed by atoms with Crippen LogP contribution < -0.4 is 5.73 Å². The number of aromatic nitrogens is 2. The van der Waals surface area contributed by atoms with Crippen LogP contribution in [0.5, 0.6) is 0 Å². The van der Waals surface area contributed by atoms with Crippen molar-refractivity contribution in [3.63, 3.8) is 0 Å². The number of nitrogens with two attached hydrogens (primary N) is 1. The molecule has 0 amide bonds. The summed E-state index contributed by atoms with van der Waals surface area (Å²) in [5.41, 5.74) is 6.06. The van der Waals surface area contributed by atoms with Gasteiger partial charge in [-0.2, -0.15) is 4.98 Å². The fourth-order valence-corrected chi connectivity index (χ4v) is 3.08. The molecule has 0 atom stereocenters. The van der Waals surface area contributed by atoms with Gasteiger partial charge in [0.25, 0.3) is 0 Å². The highest BCUT2D eigenvalue weighted by molar-refractivity contribution is 7.98. The van der Waals surface area contributed by atoms with Crippen LogP contribution in [0.4, 0.5) is 0 Å². The van der Waals surface area contributed by atoms with Crippen LogP contribution in [0, 0.1) is 0 Å². The number of nitrogens with zero attached hydrogens (tertiary/aromatic N) is 2. The maximum absolute atomic E-state index is 6.18. The maximum Gasteiger partial charge on any atom is 0.228 e. The lowest BCUT2D eigenvalue weighted by atomic mass is 9.75. The third-order valence-corrected chi connectivity index (χ3v) is 4.80. The molecule has 2 N–H and O–H groups in total. The predicted octanol–water partition coefficient (Wildman–Crippen LogP) is 3.44. The Bertz CT molecular complexity index is 580. The molecule has 0 spiro atoms. The Hall–Kier alpha value is -1.04. The molecule has 1 saturated carbocycles. The molecule has 4 nitrogen and oxygen atoms in total. The van der Waals surface area contributed by atoms with E-state index in [0.29, 0.717) is 23.9 Å². The summed E-state index contributed by atoms with van der Waals surface area (Å²) in [4.78, 5) is 5.54. The van der Waals surface area contributed by atoms with Crippen molar-refractivity contribution in [1.82, 2.24) is 10.1 Å². The van der Waals surface area contributed by atoms with Gasteiger partial charge in [0, 0.05) is 21.9 Å². The first-order valence-corrected chi connectivity index (χ1v) is 7.98. The van der Waals surface area contributed by atoms with Crippen molar-refractivity contribution in [2.45, 2.75) is 41.9 Å². The van der Waals surface area contributed by atoms with Crippen molar-refractivity contribution in [3.8, 4) is 0 Å². The molecule has 1 aromatic carbocycles. The van der Waals surface area contributed by atoms with Crippen LogP contribution >= 0.6 is 23.4 Å². The summed E-state index contributed by atoms with van der Waals surface area (Å²) >= 11 is 7.51. The molecule has 1 heterocycles. The number of rotatable bonds is 5. The van der Waals surface area contributed by atoms with Gasteiger partial charge in [-0.15, -0.1) is 11.8 Å². The summed E-state index contributed by atoms with van der Waals surface area (Å²) in [6, 6.07) is 7.72. The first-order valence-electron chi connectivity index (χ1n) is 6.62. The van der Waals surface area contributed by atoms with Gasteiger partial charge in [0.05, 0.1) is 5.75 Å². The molecule has 0 radical (unpaired) electrons. The van der Waals surface area contributed by atoms with Crippen LogP contribution in [0.2, 0.25) is 5.02 Å². The van der Waals surface area contributed by atoms with Crippen LogP contribution in [0.15, 0.2) is 33.7 Å². The molecule has 1 fully saturated rings. The lowest BCUT2D eigenvalue weighted by Crippen LogP contribution is -2.48. The summed E-state index contributed by atoms with van der Waals surface area (Å²) in [5.74, 6) is 2.05. The molecule has 0 unspecified atom stereocenters. The van der Waals surface area contributed by atoms with Crippen molar-refractivity contribution >= 4 is 23.4 Å². The minimum atomic E-state index is -0.118. The van der Waals surface area contributed by atoms with Crippen LogP contribution in [-0.4, -0.2) is 15.7 Å². The zero-order valence-electron chi connectivity index (χ0n) is 11.0. The summed E-state index contributed by atoms with van der Waals surface area (Å²) in [7, 11) is 0. The maximum atomic E-state index is 6.18. The van der Waals surface area contributed by atoms with Crippen molar-refractivity contribution < 1.29 is 4.52 Å². The molecule has 0 aliphatic heterocycles. The summed E-state index contributed by atoms with van der Waals surface area (Å²) < 4.78 is 5.27. The summed E-state index contributed by atoms with van der Waals surface area (Å²) in [5, 5.41) is 4.74. The lowest BCUT2D eigenvalue weighted by Gasteiger charge is -2.36. The first-order chi connectivity index (χ1) is 9.63. The lowest BCUT2D eigenvalue weighted by molar-refractivity contribution is 0.221. The van der Waals surface area contributed by atoms with E-state index in [2.05, 4.69) is 10.1 Å². The smallest absolute Gasteiger partial charge is 0.228 e. The molecule has 2 aromatic rings. The van der Waals surface area contributed by atoms with E-state index in [1.54, 1.807) is 11.8 Å². The zero-order chi connectivity index (χ0) is 14.0. The van der Waals surface area contributed by atoms with Gasteiger partial charge in [0.15, 0.2) is 5.82 Å². The molecule has 3 rings (SSSR count). The summed E-state index contributed by atoms with van der Waals surface area (Å²) in [6.07, 6.45) is 3.98. The number of halogens is 1. The van der Waals surface area contributed by atoms with Gasteiger partial charge >= 0.3 is 0 Å². The Morgan fingerprint density at radius 3 is 2.70 bits per heavy atom. The van der Waals surface area contributed by atoms with Gasteiger partial charge in [-0.3, -0.25) is 0 Å². The zero-order valence-corrected chi connectivity index (χ0v) is 12.6. The predicted molar refractivity (Wildman–Crippen MR) is 79.8 cm³/mol. The van der Waals surface area contributed by atoms with Gasteiger partial charge in [-0.05, 0) is 43.5 Å². The molecule has 0 saturated heterocycles.